The fourth-order valence-electron chi connectivity index (χ4n) is 3.57. The third-order valence-corrected chi connectivity index (χ3v) is 5.09. The Labute approximate surface area is 169 Å². The van der Waals surface area contributed by atoms with E-state index in [2.05, 4.69) is 10.1 Å². The number of carbonyl (C=O) groups excluding carboxylic acids is 1. The molecule has 2 heterocycles. The first-order valence-electron chi connectivity index (χ1n) is 9.62. The van der Waals surface area contributed by atoms with Crippen LogP contribution in [0.25, 0.3) is 11.4 Å². The molecule has 0 spiro atoms. The molecular formula is C22H23N3O4. The maximum absolute atomic E-state index is 12.8. The molecule has 3 aromatic rings. The number of methoxy groups -OCH3 is 1. The molecule has 0 radical (unpaired) electrons. The molecule has 1 aliphatic rings. The number of amides is 1. The van der Waals surface area contributed by atoms with Crippen LogP contribution in [0.15, 0.2) is 53.1 Å². The second-order valence-corrected chi connectivity index (χ2v) is 6.96. The molecule has 0 aliphatic carbocycles. The van der Waals surface area contributed by atoms with E-state index in [1.807, 2.05) is 55.5 Å². The van der Waals surface area contributed by atoms with Gasteiger partial charge < -0.3 is 18.9 Å². The van der Waals surface area contributed by atoms with Gasteiger partial charge in [-0.2, -0.15) is 4.98 Å². The number of benzene rings is 2. The lowest BCUT2D eigenvalue weighted by Crippen LogP contribution is -2.34. The summed E-state index contributed by atoms with van der Waals surface area (Å²) in [6.07, 6.45) is 1.66. The predicted molar refractivity (Wildman–Crippen MR) is 107 cm³/mol. The van der Waals surface area contributed by atoms with Crippen molar-refractivity contribution in [3.8, 4) is 22.9 Å². The highest BCUT2D eigenvalue weighted by atomic mass is 16.5. The molecule has 150 valence electrons. The zero-order chi connectivity index (χ0) is 20.2. The van der Waals surface area contributed by atoms with E-state index in [1.165, 1.54) is 0 Å². The van der Waals surface area contributed by atoms with Crippen molar-refractivity contribution in [2.45, 2.75) is 25.8 Å². The average molecular weight is 393 g/mol. The number of para-hydroxylation sites is 2. The number of carbonyl (C=O) groups is 1. The van der Waals surface area contributed by atoms with Gasteiger partial charge in [-0.3, -0.25) is 4.79 Å². The minimum absolute atomic E-state index is 0.0190. The number of nitrogens with zero attached hydrogens (tertiary/aromatic N) is 3. The van der Waals surface area contributed by atoms with Gasteiger partial charge in [0.15, 0.2) is 6.61 Å². The molecule has 2 aromatic carbocycles. The van der Waals surface area contributed by atoms with Crippen molar-refractivity contribution in [2.24, 2.45) is 0 Å². The normalized spacial score (nSPS) is 16.1. The summed E-state index contributed by atoms with van der Waals surface area (Å²) in [6.45, 7) is 2.58. The molecule has 29 heavy (non-hydrogen) atoms. The summed E-state index contributed by atoms with van der Waals surface area (Å²) < 4.78 is 16.6. The van der Waals surface area contributed by atoms with Crippen molar-refractivity contribution in [1.29, 1.82) is 0 Å². The summed E-state index contributed by atoms with van der Waals surface area (Å²) in [6, 6.07) is 14.9. The number of rotatable bonds is 6. The van der Waals surface area contributed by atoms with Crippen LogP contribution in [0.4, 0.5) is 0 Å². The van der Waals surface area contributed by atoms with Crippen LogP contribution in [-0.2, 0) is 4.79 Å². The molecule has 0 saturated carbocycles. The minimum Gasteiger partial charge on any atom is -0.496 e. The van der Waals surface area contributed by atoms with E-state index in [1.54, 1.807) is 12.0 Å². The van der Waals surface area contributed by atoms with Gasteiger partial charge in [0.2, 0.25) is 11.7 Å². The van der Waals surface area contributed by atoms with Gasteiger partial charge in [-0.25, -0.2) is 0 Å². The average Bonchev–Trinajstić information content (AvgIpc) is 3.42. The summed E-state index contributed by atoms with van der Waals surface area (Å²) in [5.41, 5.74) is 1.75. The second kappa shape index (κ2) is 8.34. The van der Waals surface area contributed by atoms with Crippen LogP contribution >= 0.6 is 0 Å². The van der Waals surface area contributed by atoms with E-state index in [0.717, 1.165) is 24.0 Å². The lowest BCUT2D eigenvalue weighted by Gasteiger charge is -2.22. The van der Waals surface area contributed by atoms with Crippen LogP contribution in [0.5, 0.6) is 11.5 Å². The van der Waals surface area contributed by atoms with Gasteiger partial charge in [-0.05, 0) is 43.5 Å². The number of hydrogen-bond donors (Lipinski definition) is 0. The van der Waals surface area contributed by atoms with Crippen molar-refractivity contribution in [3.63, 3.8) is 0 Å². The number of aryl methyl sites for hydroxylation is 1. The van der Waals surface area contributed by atoms with Crippen LogP contribution in [0, 0.1) is 6.92 Å². The quantitative estimate of drug-likeness (QED) is 0.634. The van der Waals surface area contributed by atoms with E-state index in [4.69, 9.17) is 14.0 Å². The summed E-state index contributed by atoms with van der Waals surface area (Å²) >= 11 is 0. The van der Waals surface area contributed by atoms with Crippen LogP contribution in [-0.4, -0.2) is 41.2 Å². The molecule has 1 amide bonds. The Balaban J connectivity index is 1.48. The highest BCUT2D eigenvalue weighted by molar-refractivity contribution is 5.78. The monoisotopic (exact) mass is 393 g/mol. The summed E-state index contributed by atoms with van der Waals surface area (Å²) in [7, 11) is 1.60. The Morgan fingerprint density at radius 1 is 1.17 bits per heavy atom. The standard InChI is InChI=1S/C22H23N3O4/c1-15-8-3-5-11-18(15)28-14-20(26)25-13-7-10-17(25)22-23-21(24-29-22)16-9-4-6-12-19(16)27-2/h3-6,8-9,11-12,17H,7,10,13-14H2,1-2H3. The Bertz CT molecular complexity index is 1000. The summed E-state index contributed by atoms with van der Waals surface area (Å²) in [4.78, 5) is 19.1. The molecule has 4 rings (SSSR count). The van der Waals surface area contributed by atoms with Crippen molar-refractivity contribution in [3.05, 3.63) is 60.0 Å². The van der Waals surface area contributed by atoms with Crippen molar-refractivity contribution < 1.29 is 18.8 Å². The summed E-state index contributed by atoms with van der Waals surface area (Å²) in [5, 5.41) is 4.10. The van der Waals surface area contributed by atoms with Crippen LogP contribution in [0.1, 0.15) is 30.3 Å². The molecule has 1 aliphatic heterocycles. The van der Waals surface area contributed by atoms with Crippen molar-refractivity contribution >= 4 is 5.91 Å². The lowest BCUT2D eigenvalue weighted by atomic mass is 10.2. The topological polar surface area (TPSA) is 77.7 Å². The van der Waals surface area contributed by atoms with Crippen LogP contribution in [0.2, 0.25) is 0 Å². The summed E-state index contributed by atoms with van der Waals surface area (Å²) in [5.74, 6) is 2.19. The van der Waals surface area contributed by atoms with Gasteiger partial charge in [0.25, 0.3) is 5.91 Å². The molecule has 1 unspecified atom stereocenters. The van der Waals surface area contributed by atoms with Crippen LogP contribution in [0.3, 0.4) is 0 Å². The Hall–Kier alpha value is -3.35. The van der Waals surface area contributed by atoms with E-state index >= 15 is 0 Å². The fourth-order valence-corrected chi connectivity index (χ4v) is 3.57. The van der Waals surface area contributed by atoms with E-state index in [9.17, 15) is 4.79 Å². The highest BCUT2D eigenvalue weighted by Gasteiger charge is 2.34. The van der Waals surface area contributed by atoms with Gasteiger partial charge >= 0.3 is 0 Å². The zero-order valence-corrected chi connectivity index (χ0v) is 16.5. The number of likely N-dealkylation sites (tertiary alicyclic amines) is 1. The first kappa shape index (κ1) is 19.0. The zero-order valence-electron chi connectivity index (χ0n) is 16.5. The number of hydrogen-bond acceptors (Lipinski definition) is 6. The molecule has 1 fully saturated rings. The van der Waals surface area contributed by atoms with Crippen LogP contribution < -0.4 is 9.47 Å². The third-order valence-electron chi connectivity index (χ3n) is 5.09. The third kappa shape index (κ3) is 3.94. The second-order valence-electron chi connectivity index (χ2n) is 6.96. The Morgan fingerprint density at radius 2 is 1.93 bits per heavy atom. The highest BCUT2D eigenvalue weighted by Crippen LogP contribution is 2.34. The molecule has 1 saturated heterocycles. The largest absolute Gasteiger partial charge is 0.496 e. The molecule has 0 bridgehead atoms. The molecule has 1 atom stereocenters. The number of aromatic nitrogens is 2. The minimum atomic E-state index is -0.237. The first-order valence-corrected chi connectivity index (χ1v) is 9.62. The molecule has 7 heteroatoms. The Kier molecular flexibility index (Phi) is 5.46. The van der Waals surface area contributed by atoms with Gasteiger partial charge in [0.05, 0.1) is 12.7 Å². The molecule has 1 aromatic heterocycles. The maximum atomic E-state index is 12.8. The van der Waals surface area contributed by atoms with Crippen molar-refractivity contribution in [2.75, 3.05) is 20.3 Å². The van der Waals surface area contributed by atoms with Gasteiger partial charge in [-0.1, -0.05) is 35.5 Å². The lowest BCUT2D eigenvalue weighted by molar-refractivity contribution is -0.134. The Morgan fingerprint density at radius 3 is 2.72 bits per heavy atom. The van der Waals surface area contributed by atoms with E-state index in [-0.39, 0.29) is 18.6 Å². The SMILES string of the molecule is COc1ccccc1-c1noc(C2CCCN2C(=O)COc2ccccc2C)n1. The van der Waals surface area contributed by atoms with Gasteiger partial charge in [0, 0.05) is 6.54 Å². The molecule has 7 nitrogen and oxygen atoms in total. The van der Waals surface area contributed by atoms with Gasteiger partial charge in [-0.15, -0.1) is 0 Å². The maximum Gasteiger partial charge on any atom is 0.261 e. The van der Waals surface area contributed by atoms with E-state index in [0.29, 0.717) is 29.8 Å². The van der Waals surface area contributed by atoms with Gasteiger partial charge in [0.1, 0.15) is 17.5 Å². The van der Waals surface area contributed by atoms with Crippen molar-refractivity contribution in [1.82, 2.24) is 15.0 Å². The first-order chi connectivity index (χ1) is 14.2. The van der Waals surface area contributed by atoms with E-state index < -0.39 is 0 Å². The smallest absolute Gasteiger partial charge is 0.261 e. The molecular weight excluding hydrogens is 370 g/mol. The predicted octanol–water partition coefficient (Wildman–Crippen LogP) is 3.80. The fraction of sp³-hybridized carbons (Fsp3) is 0.318. The molecule has 0 N–H and O–H groups in total. The number of ether oxygens (including phenoxy) is 2.